The second kappa shape index (κ2) is 9.63. The number of rotatable bonds is 5. The lowest BCUT2D eigenvalue weighted by Gasteiger charge is -2.43. The zero-order valence-electron chi connectivity index (χ0n) is 20.2. The number of carbonyl (C=O) groups excluding carboxylic acids is 1. The molecular weight excluding hydrogens is 578 g/mol. The Morgan fingerprint density at radius 1 is 1.05 bits per heavy atom. The molecule has 218 valence electrons. The molecule has 40 heavy (non-hydrogen) atoms. The van der Waals surface area contributed by atoms with Crippen LogP contribution in [0.1, 0.15) is 36.0 Å². The fraction of sp³-hybridized carbons (Fsp3) is 0.400. The summed E-state index contributed by atoms with van der Waals surface area (Å²) in [4.78, 5) is 13.4. The molecule has 0 bridgehead atoms. The van der Waals surface area contributed by atoms with Gasteiger partial charge >= 0.3 is 18.0 Å². The highest BCUT2D eigenvalue weighted by Crippen LogP contribution is 2.56. The average Bonchev–Trinajstić information content (AvgIpc) is 3.28. The summed E-state index contributed by atoms with van der Waals surface area (Å²) in [6, 6.07) is 3.78. The minimum absolute atomic E-state index is 0.218. The predicted octanol–water partition coefficient (Wildman–Crippen LogP) is 5.68. The van der Waals surface area contributed by atoms with Gasteiger partial charge < -0.3 is 15.1 Å². The molecule has 1 heterocycles. The first-order valence-corrected chi connectivity index (χ1v) is 13.2. The van der Waals surface area contributed by atoms with Gasteiger partial charge in [-0.2, -0.15) is 26.3 Å². The number of sulfone groups is 1. The molecule has 2 aliphatic rings. The number of aliphatic hydroxyl groups excluding tert-OH is 2. The van der Waals surface area contributed by atoms with Crippen LogP contribution in [-0.2, 0) is 31.5 Å². The zero-order valence-corrected chi connectivity index (χ0v) is 21.0. The summed E-state index contributed by atoms with van der Waals surface area (Å²) in [6.45, 7) is -0.268. The largest absolute Gasteiger partial charge is 0.512 e. The van der Waals surface area contributed by atoms with Crippen molar-refractivity contribution in [2.24, 2.45) is 0 Å². The topological polar surface area (TPSA) is 94.9 Å². The van der Waals surface area contributed by atoms with E-state index in [-0.39, 0.29) is 42.8 Å². The average molecular weight is 599 g/mol. The van der Waals surface area contributed by atoms with Gasteiger partial charge in [0, 0.05) is 12.1 Å². The number of hydrogen-bond donors (Lipinski definition) is 2. The number of nitrogens with zero attached hydrogens (tertiary/aromatic N) is 1. The van der Waals surface area contributed by atoms with E-state index in [2.05, 4.69) is 0 Å². The van der Waals surface area contributed by atoms with Gasteiger partial charge in [0.25, 0.3) is 0 Å². The van der Waals surface area contributed by atoms with Crippen molar-refractivity contribution >= 4 is 15.7 Å². The van der Waals surface area contributed by atoms with Gasteiger partial charge in [-0.1, -0.05) is 24.3 Å². The highest BCUT2D eigenvalue weighted by molar-refractivity contribution is 7.92. The summed E-state index contributed by atoms with van der Waals surface area (Å²) in [6.07, 6.45) is -14.2. The van der Waals surface area contributed by atoms with Gasteiger partial charge in [-0.05, 0) is 48.6 Å². The van der Waals surface area contributed by atoms with E-state index in [1.54, 1.807) is 0 Å². The van der Waals surface area contributed by atoms with E-state index >= 15 is 0 Å². The number of amides is 1. The number of benzene rings is 2. The van der Waals surface area contributed by atoms with Crippen molar-refractivity contribution in [3.63, 3.8) is 0 Å². The minimum Gasteiger partial charge on any atom is -0.512 e. The summed E-state index contributed by atoms with van der Waals surface area (Å²) in [5.41, 5.74) is -8.09. The third-order valence-electron chi connectivity index (χ3n) is 7.45. The van der Waals surface area contributed by atoms with Crippen LogP contribution < -0.4 is 0 Å². The first kappa shape index (κ1) is 29.6. The molecule has 15 heteroatoms. The number of hydrogen-bond acceptors (Lipinski definition) is 5. The molecule has 0 saturated carbocycles. The quantitative estimate of drug-likeness (QED) is 0.341. The highest BCUT2D eigenvalue weighted by atomic mass is 32.2. The third-order valence-corrected chi connectivity index (χ3v) is 9.98. The smallest absolute Gasteiger partial charge is 0.435 e. The number of aryl methyl sites for hydroxylation is 1. The highest BCUT2D eigenvalue weighted by Gasteiger charge is 2.73. The molecular formula is C25H21F8NO5S. The van der Waals surface area contributed by atoms with Crippen LogP contribution in [0.2, 0.25) is 0 Å². The number of carbonyl (C=O) groups is 1. The van der Waals surface area contributed by atoms with E-state index in [1.807, 2.05) is 0 Å². The Bertz CT molecular complexity index is 1460. The maximum atomic E-state index is 14.8. The van der Waals surface area contributed by atoms with Crippen molar-refractivity contribution in [3.8, 4) is 0 Å². The Hall–Kier alpha value is -3.36. The van der Waals surface area contributed by atoms with Crippen molar-refractivity contribution in [2.75, 3.05) is 6.54 Å². The standard InChI is InChI=1S/C25H21F8NO5S/c26-16-2-1-3-18(11-16)40(38,39)22-8-9-34(21(37)12-17(36)13-35)20(22)7-4-14-10-15(5-6-19(14)22)23(27,24(28,29)30)25(31,32)33/h1-3,5-6,10-11,13,20,35-36H,4,7-9,12H2. The van der Waals surface area contributed by atoms with E-state index in [9.17, 15) is 53.4 Å². The predicted molar refractivity (Wildman–Crippen MR) is 123 cm³/mol. The Morgan fingerprint density at radius 3 is 2.27 bits per heavy atom. The van der Waals surface area contributed by atoms with E-state index < -0.39 is 79.4 Å². The minimum atomic E-state index is -6.39. The maximum Gasteiger partial charge on any atom is 0.435 e. The van der Waals surface area contributed by atoms with Gasteiger partial charge in [0.1, 0.15) is 22.6 Å². The molecule has 2 aromatic rings. The van der Waals surface area contributed by atoms with Crippen LogP contribution in [0.15, 0.2) is 59.4 Å². The molecule has 6 nitrogen and oxygen atoms in total. The van der Waals surface area contributed by atoms with Crippen molar-refractivity contribution in [1.82, 2.24) is 4.90 Å². The number of alkyl halides is 7. The van der Waals surface area contributed by atoms with Crippen molar-refractivity contribution in [2.45, 2.75) is 59.4 Å². The molecule has 1 fully saturated rings. The first-order chi connectivity index (χ1) is 18.4. The van der Waals surface area contributed by atoms with Gasteiger partial charge in [-0.25, -0.2) is 17.2 Å². The van der Waals surface area contributed by atoms with Crippen LogP contribution in [0.5, 0.6) is 0 Å². The first-order valence-electron chi connectivity index (χ1n) is 11.7. The molecule has 2 aromatic carbocycles. The lowest BCUT2D eigenvalue weighted by Crippen LogP contribution is -2.53. The number of likely N-dealkylation sites (tertiary alicyclic amines) is 1. The van der Waals surface area contributed by atoms with Crippen molar-refractivity contribution in [3.05, 3.63) is 77.0 Å². The maximum absolute atomic E-state index is 14.8. The van der Waals surface area contributed by atoms with Crippen molar-refractivity contribution < 1.29 is 58.5 Å². The fourth-order valence-electron chi connectivity index (χ4n) is 5.68. The molecule has 0 spiro atoms. The molecule has 1 amide bonds. The fourth-order valence-corrected chi connectivity index (χ4v) is 8.07. The summed E-state index contributed by atoms with van der Waals surface area (Å²) >= 11 is 0. The molecule has 0 aromatic heterocycles. The van der Waals surface area contributed by atoms with Gasteiger partial charge in [-0.15, -0.1) is 0 Å². The SMILES string of the molecule is O=C(CC(O)=CO)N1CCC2(S(=O)(=O)c3cccc(F)c3)c3ccc(C(F)(C(F)(F)F)C(F)(F)F)cc3CCC12. The van der Waals surface area contributed by atoms with Gasteiger partial charge in [0.2, 0.25) is 5.91 Å². The molecule has 1 aliphatic heterocycles. The molecule has 2 atom stereocenters. The molecule has 1 aliphatic carbocycles. The Labute approximate surface area is 222 Å². The monoisotopic (exact) mass is 599 g/mol. The molecule has 2 unspecified atom stereocenters. The van der Waals surface area contributed by atoms with Gasteiger partial charge in [0.15, 0.2) is 9.84 Å². The Balaban J connectivity index is 1.95. The van der Waals surface area contributed by atoms with Crippen LogP contribution >= 0.6 is 0 Å². The Morgan fingerprint density at radius 2 is 1.70 bits per heavy atom. The lowest BCUT2D eigenvalue weighted by atomic mass is 9.76. The number of aliphatic hydroxyl groups is 2. The van der Waals surface area contributed by atoms with Gasteiger partial charge in [0.05, 0.1) is 17.4 Å². The molecule has 4 rings (SSSR count). The van der Waals surface area contributed by atoms with E-state index in [4.69, 9.17) is 5.11 Å². The van der Waals surface area contributed by atoms with Crippen LogP contribution in [0, 0.1) is 5.82 Å². The molecule has 1 saturated heterocycles. The van der Waals surface area contributed by atoms with E-state index in [1.165, 1.54) is 0 Å². The summed E-state index contributed by atoms with van der Waals surface area (Å²) in [5.74, 6) is -2.50. The molecule has 2 N–H and O–H groups in total. The number of halogens is 8. The summed E-state index contributed by atoms with van der Waals surface area (Å²) in [5, 5.41) is 18.5. The summed E-state index contributed by atoms with van der Waals surface area (Å²) < 4.78 is 135. The van der Waals surface area contributed by atoms with Crippen LogP contribution in [0.3, 0.4) is 0 Å². The second-order valence-corrected chi connectivity index (χ2v) is 11.8. The van der Waals surface area contributed by atoms with Crippen LogP contribution in [0.4, 0.5) is 35.1 Å². The van der Waals surface area contributed by atoms with E-state index in [0.29, 0.717) is 18.2 Å². The second-order valence-electron chi connectivity index (χ2n) is 9.57. The zero-order chi connectivity index (χ0) is 29.9. The third kappa shape index (κ3) is 4.29. The van der Waals surface area contributed by atoms with Crippen LogP contribution in [-0.4, -0.2) is 54.4 Å². The Kier molecular flexibility index (Phi) is 7.13. The summed E-state index contributed by atoms with van der Waals surface area (Å²) in [7, 11) is -4.70. The normalized spacial score (nSPS) is 22.1. The number of fused-ring (bicyclic) bond motifs is 3. The van der Waals surface area contributed by atoms with Gasteiger partial charge in [-0.3, -0.25) is 4.79 Å². The molecule has 0 radical (unpaired) electrons. The van der Waals surface area contributed by atoms with Crippen molar-refractivity contribution in [1.29, 1.82) is 0 Å². The van der Waals surface area contributed by atoms with E-state index in [0.717, 1.165) is 23.1 Å². The van der Waals surface area contributed by atoms with Crippen LogP contribution in [0.25, 0.3) is 0 Å². The lowest BCUT2D eigenvalue weighted by molar-refractivity contribution is -0.348.